The van der Waals surface area contributed by atoms with E-state index in [0.717, 1.165) is 12.3 Å². The van der Waals surface area contributed by atoms with E-state index in [9.17, 15) is 0 Å². The molecule has 0 aliphatic rings. The smallest absolute Gasteiger partial charge is 0.0272 e. The summed E-state index contributed by atoms with van der Waals surface area (Å²) < 4.78 is 0. The van der Waals surface area contributed by atoms with Crippen LogP contribution < -0.4 is 0 Å². The van der Waals surface area contributed by atoms with Gasteiger partial charge in [-0.2, -0.15) is 0 Å². The summed E-state index contributed by atoms with van der Waals surface area (Å²) in [6.07, 6.45) is 1.14. The largest absolute Gasteiger partial charge is 0.100 e. The predicted octanol–water partition coefficient (Wildman–Crippen LogP) is 3.63. The average Bonchev–Trinajstić information content (AvgIpc) is 1.60. The second-order valence-electron chi connectivity index (χ2n) is 4.28. The molecule has 0 bridgehead atoms. The Morgan fingerprint density at radius 3 is 1.90 bits per heavy atom. The van der Waals surface area contributed by atoms with Crippen LogP contribution >= 0.6 is 0 Å². The van der Waals surface area contributed by atoms with E-state index in [4.69, 9.17) is 0 Å². The molecule has 0 heteroatoms. The Balaban J connectivity index is 3.99. The van der Waals surface area contributed by atoms with Gasteiger partial charge in [-0.05, 0) is 24.7 Å². The molecular weight excluding hydrogens is 120 g/mol. The Labute approximate surface area is 65.3 Å². The fraction of sp³-hybridized carbons (Fsp3) is 0.800. The van der Waals surface area contributed by atoms with Crippen LogP contribution in [-0.4, -0.2) is 0 Å². The minimum atomic E-state index is 0.422. The molecule has 0 aromatic rings. The van der Waals surface area contributed by atoms with Gasteiger partial charge in [0.05, 0.1) is 0 Å². The average molecular weight is 140 g/mol. The lowest BCUT2D eigenvalue weighted by atomic mass is 9.77. The highest BCUT2D eigenvalue weighted by Gasteiger charge is 2.21. The molecule has 0 saturated carbocycles. The Morgan fingerprint density at radius 1 is 1.40 bits per heavy atom. The number of rotatable bonds is 3. The summed E-state index contributed by atoms with van der Waals surface area (Å²) in [5.41, 5.74) is 1.71. The van der Waals surface area contributed by atoms with Gasteiger partial charge >= 0.3 is 0 Å². The van der Waals surface area contributed by atoms with Gasteiger partial charge in [-0.1, -0.05) is 33.3 Å². The highest BCUT2D eigenvalue weighted by atomic mass is 14.3. The second kappa shape index (κ2) is 3.23. The van der Waals surface area contributed by atoms with Crippen molar-refractivity contribution in [2.24, 2.45) is 11.3 Å². The third-order valence-electron chi connectivity index (χ3n) is 2.32. The third kappa shape index (κ3) is 3.05. The molecule has 0 spiro atoms. The van der Waals surface area contributed by atoms with Gasteiger partial charge in [0.15, 0.2) is 0 Å². The van der Waals surface area contributed by atoms with Gasteiger partial charge in [-0.15, -0.1) is 6.58 Å². The zero-order valence-corrected chi connectivity index (χ0v) is 7.99. The maximum atomic E-state index is 3.92. The summed E-state index contributed by atoms with van der Waals surface area (Å²) in [7, 11) is 0. The SMILES string of the molecule is C=C(C)CC(C)(C)C(C)C. The van der Waals surface area contributed by atoms with Crippen molar-refractivity contribution in [3.63, 3.8) is 0 Å². The summed E-state index contributed by atoms with van der Waals surface area (Å²) in [4.78, 5) is 0. The predicted molar refractivity (Wildman–Crippen MR) is 48.1 cm³/mol. The molecule has 0 heterocycles. The van der Waals surface area contributed by atoms with Crippen molar-refractivity contribution in [1.29, 1.82) is 0 Å². The first-order valence-corrected chi connectivity index (χ1v) is 4.00. The molecule has 0 aliphatic carbocycles. The van der Waals surface area contributed by atoms with E-state index in [1.165, 1.54) is 5.57 Å². The van der Waals surface area contributed by atoms with E-state index in [-0.39, 0.29) is 0 Å². The molecule has 0 fully saturated rings. The molecule has 0 aliphatic heterocycles. The molecule has 0 N–H and O–H groups in total. The van der Waals surface area contributed by atoms with Crippen LogP contribution in [0.1, 0.15) is 41.0 Å². The normalized spacial score (nSPS) is 12.2. The monoisotopic (exact) mass is 140 g/mol. The van der Waals surface area contributed by atoms with E-state index in [2.05, 4.69) is 41.2 Å². The molecule has 0 aromatic carbocycles. The van der Waals surface area contributed by atoms with Crippen LogP contribution in [0.5, 0.6) is 0 Å². The second-order valence-corrected chi connectivity index (χ2v) is 4.28. The maximum Gasteiger partial charge on any atom is -0.0272 e. The quantitative estimate of drug-likeness (QED) is 0.525. The van der Waals surface area contributed by atoms with E-state index in [1.54, 1.807) is 0 Å². The van der Waals surface area contributed by atoms with Crippen LogP contribution in [-0.2, 0) is 0 Å². The highest BCUT2D eigenvalue weighted by Crippen LogP contribution is 2.32. The highest BCUT2D eigenvalue weighted by molar-refractivity contribution is 4.94. The minimum Gasteiger partial charge on any atom is -0.100 e. The van der Waals surface area contributed by atoms with Crippen LogP contribution in [0.4, 0.5) is 0 Å². The third-order valence-corrected chi connectivity index (χ3v) is 2.32. The van der Waals surface area contributed by atoms with Crippen molar-refractivity contribution in [2.45, 2.75) is 41.0 Å². The van der Waals surface area contributed by atoms with Gasteiger partial charge in [0.2, 0.25) is 0 Å². The summed E-state index contributed by atoms with van der Waals surface area (Å²) in [6, 6.07) is 0. The number of hydrogen-bond acceptors (Lipinski definition) is 0. The molecule has 0 unspecified atom stereocenters. The zero-order chi connectivity index (χ0) is 8.36. The first kappa shape index (κ1) is 9.74. The fourth-order valence-corrected chi connectivity index (χ4v) is 0.982. The van der Waals surface area contributed by atoms with Crippen molar-refractivity contribution < 1.29 is 0 Å². The summed E-state index contributed by atoms with van der Waals surface area (Å²) in [5, 5.41) is 0. The van der Waals surface area contributed by atoms with E-state index in [0.29, 0.717) is 5.41 Å². The van der Waals surface area contributed by atoms with Crippen molar-refractivity contribution in [3.8, 4) is 0 Å². The van der Waals surface area contributed by atoms with Gasteiger partial charge in [0.1, 0.15) is 0 Å². The lowest BCUT2D eigenvalue weighted by molar-refractivity contribution is 0.248. The summed E-state index contributed by atoms with van der Waals surface area (Å²) >= 11 is 0. The standard InChI is InChI=1S/C10H20/c1-8(2)7-10(5,6)9(3)4/h9H,1,7H2,2-6H3. The number of allylic oxidation sites excluding steroid dienone is 1. The molecule has 0 saturated heterocycles. The molecule has 0 rings (SSSR count). The van der Waals surface area contributed by atoms with E-state index < -0.39 is 0 Å². The van der Waals surface area contributed by atoms with Crippen LogP contribution in [0.2, 0.25) is 0 Å². The van der Waals surface area contributed by atoms with Gasteiger partial charge in [-0.3, -0.25) is 0 Å². The Hall–Kier alpha value is -0.260. The molecule has 0 atom stereocenters. The molecule has 0 nitrogen and oxygen atoms in total. The first-order chi connectivity index (χ1) is 4.36. The van der Waals surface area contributed by atoms with Crippen molar-refractivity contribution in [1.82, 2.24) is 0 Å². The molecule has 10 heavy (non-hydrogen) atoms. The van der Waals surface area contributed by atoms with E-state index in [1.807, 2.05) is 0 Å². The molecule has 0 amide bonds. The molecular formula is C10H20. The van der Waals surface area contributed by atoms with Crippen molar-refractivity contribution in [2.75, 3.05) is 0 Å². The topological polar surface area (TPSA) is 0 Å². The number of hydrogen-bond donors (Lipinski definition) is 0. The fourth-order valence-electron chi connectivity index (χ4n) is 0.982. The maximum absolute atomic E-state index is 3.92. The van der Waals surface area contributed by atoms with Gasteiger partial charge in [0, 0.05) is 0 Å². The Kier molecular flexibility index (Phi) is 3.14. The van der Waals surface area contributed by atoms with Gasteiger partial charge in [0.25, 0.3) is 0 Å². The van der Waals surface area contributed by atoms with Crippen molar-refractivity contribution in [3.05, 3.63) is 12.2 Å². The van der Waals surface area contributed by atoms with Crippen LogP contribution in [0.25, 0.3) is 0 Å². The van der Waals surface area contributed by atoms with Gasteiger partial charge < -0.3 is 0 Å². The van der Waals surface area contributed by atoms with Gasteiger partial charge in [-0.25, -0.2) is 0 Å². The molecule has 0 aromatic heterocycles. The lowest BCUT2D eigenvalue weighted by Gasteiger charge is -2.29. The lowest BCUT2D eigenvalue weighted by Crippen LogP contribution is -2.18. The Bertz CT molecular complexity index is 118. The zero-order valence-electron chi connectivity index (χ0n) is 7.99. The van der Waals surface area contributed by atoms with Crippen LogP contribution in [0.3, 0.4) is 0 Å². The molecule has 60 valence electrons. The summed E-state index contributed by atoms with van der Waals surface area (Å²) in [6.45, 7) is 15.2. The van der Waals surface area contributed by atoms with E-state index >= 15 is 0 Å². The van der Waals surface area contributed by atoms with Crippen LogP contribution in [0.15, 0.2) is 12.2 Å². The minimum absolute atomic E-state index is 0.422. The van der Waals surface area contributed by atoms with Crippen molar-refractivity contribution >= 4 is 0 Å². The first-order valence-electron chi connectivity index (χ1n) is 4.00. The Morgan fingerprint density at radius 2 is 1.80 bits per heavy atom. The summed E-state index contributed by atoms with van der Waals surface area (Å²) in [5.74, 6) is 0.740. The molecule has 0 radical (unpaired) electrons. The van der Waals surface area contributed by atoms with Crippen LogP contribution in [0, 0.1) is 11.3 Å².